The Kier molecular flexibility index (Phi) is 7.69. The summed E-state index contributed by atoms with van der Waals surface area (Å²) in [5.74, 6) is -0.232. The Labute approximate surface area is 204 Å². The molecule has 1 aliphatic carbocycles. The van der Waals surface area contributed by atoms with Crippen molar-refractivity contribution in [3.63, 3.8) is 0 Å². The van der Waals surface area contributed by atoms with Gasteiger partial charge >= 0.3 is 12.4 Å². The topological polar surface area (TPSA) is 32.7 Å². The fraction of sp³-hybridized carbons (Fsp3) is 0.538. The molecule has 2 fully saturated rings. The van der Waals surface area contributed by atoms with Gasteiger partial charge in [0, 0.05) is 25.6 Å². The lowest BCUT2D eigenvalue weighted by Crippen LogP contribution is -2.38. The third kappa shape index (κ3) is 5.86. The molecule has 2 unspecified atom stereocenters. The van der Waals surface area contributed by atoms with E-state index in [2.05, 4.69) is 4.90 Å². The van der Waals surface area contributed by atoms with Crippen LogP contribution in [0.15, 0.2) is 42.5 Å². The van der Waals surface area contributed by atoms with Crippen LogP contribution in [0.2, 0.25) is 0 Å². The number of aliphatic hydroxyl groups is 1. The molecule has 1 N–H and O–H groups in total. The molecular weight excluding hydrogens is 491 g/mol. The van der Waals surface area contributed by atoms with Gasteiger partial charge in [-0.3, -0.25) is 0 Å². The lowest BCUT2D eigenvalue weighted by atomic mass is 9.69. The molecule has 10 heteroatoms. The molecule has 0 radical (unpaired) electrons. The van der Waals surface area contributed by atoms with E-state index in [0.717, 1.165) is 18.5 Å². The highest BCUT2D eigenvalue weighted by Gasteiger charge is 2.46. The third-order valence-corrected chi connectivity index (χ3v) is 7.38. The molecule has 1 heterocycles. The van der Waals surface area contributed by atoms with E-state index in [0.29, 0.717) is 37.6 Å². The number of benzene rings is 2. The van der Waals surface area contributed by atoms with Gasteiger partial charge in [-0.2, -0.15) is 26.3 Å². The number of hydrogen-bond donors (Lipinski definition) is 1. The zero-order chi connectivity index (χ0) is 26.3. The zero-order valence-electron chi connectivity index (χ0n) is 19.6. The number of fused-ring (bicyclic) bond motifs is 1. The maximum absolute atomic E-state index is 13.6. The van der Waals surface area contributed by atoms with Gasteiger partial charge in [0.2, 0.25) is 0 Å². The van der Waals surface area contributed by atoms with Gasteiger partial charge in [0.25, 0.3) is 0 Å². The minimum atomic E-state index is -4.94. The molecule has 0 bridgehead atoms. The van der Waals surface area contributed by atoms with E-state index >= 15 is 0 Å². The van der Waals surface area contributed by atoms with Crippen molar-refractivity contribution in [2.24, 2.45) is 11.8 Å². The summed E-state index contributed by atoms with van der Waals surface area (Å²) in [6.07, 6.45) is -10.1. The molecule has 0 aromatic heterocycles. The Morgan fingerprint density at radius 1 is 0.944 bits per heavy atom. The van der Waals surface area contributed by atoms with Crippen LogP contribution in [-0.2, 0) is 17.1 Å². The second-order valence-electron chi connectivity index (χ2n) is 9.72. The predicted octanol–water partition coefficient (Wildman–Crippen LogP) is 6.43. The van der Waals surface area contributed by atoms with Crippen molar-refractivity contribution in [3.05, 3.63) is 70.5 Å². The summed E-state index contributed by atoms with van der Waals surface area (Å²) in [5, 5.41) is 9.36. The second-order valence-corrected chi connectivity index (χ2v) is 9.72. The molecule has 3 nitrogen and oxygen atoms in total. The van der Waals surface area contributed by atoms with Crippen LogP contribution in [0.4, 0.5) is 30.7 Å². The number of ether oxygens (including phenoxy) is 1. The minimum Gasteiger partial charge on any atom is -0.395 e. The molecule has 2 aromatic rings. The second kappa shape index (κ2) is 10.3. The van der Waals surface area contributed by atoms with Gasteiger partial charge in [0.1, 0.15) is 5.82 Å². The van der Waals surface area contributed by atoms with E-state index in [1.165, 1.54) is 19.1 Å². The van der Waals surface area contributed by atoms with Gasteiger partial charge in [-0.05, 0) is 73.1 Å². The quantitative estimate of drug-likeness (QED) is 0.447. The van der Waals surface area contributed by atoms with Crippen LogP contribution in [0.3, 0.4) is 0 Å². The van der Waals surface area contributed by atoms with Crippen LogP contribution >= 0.6 is 0 Å². The third-order valence-electron chi connectivity index (χ3n) is 7.38. The molecule has 1 saturated carbocycles. The van der Waals surface area contributed by atoms with Crippen LogP contribution in [0.25, 0.3) is 0 Å². The highest BCUT2D eigenvalue weighted by molar-refractivity contribution is 5.35. The molecule has 4 rings (SSSR count). The number of halogens is 7. The lowest BCUT2D eigenvalue weighted by molar-refractivity contribution is -0.143. The van der Waals surface area contributed by atoms with Gasteiger partial charge in [0.15, 0.2) is 0 Å². The highest BCUT2D eigenvalue weighted by atomic mass is 19.4. The first kappa shape index (κ1) is 26.9. The molecule has 36 heavy (non-hydrogen) atoms. The molecule has 0 spiro atoms. The van der Waals surface area contributed by atoms with Gasteiger partial charge in [0.05, 0.1) is 29.9 Å². The van der Waals surface area contributed by atoms with Gasteiger partial charge in [-0.1, -0.05) is 12.1 Å². The van der Waals surface area contributed by atoms with Crippen molar-refractivity contribution in [1.82, 2.24) is 4.90 Å². The number of alkyl halides is 6. The van der Waals surface area contributed by atoms with E-state index < -0.39 is 41.5 Å². The van der Waals surface area contributed by atoms with Crippen LogP contribution in [0, 0.1) is 17.7 Å². The van der Waals surface area contributed by atoms with Crippen molar-refractivity contribution < 1.29 is 40.6 Å². The Morgan fingerprint density at radius 3 is 2.11 bits per heavy atom. The SMILES string of the molecule is C[C@@H](O[C@H]1CCC2CN(CCO)CC2[C@@H]1c1ccc(F)cc1)c1cc(C(F)(F)F)cc(C(F)(F)F)c1. The zero-order valence-corrected chi connectivity index (χ0v) is 19.6. The summed E-state index contributed by atoms with van der Waals surface area (Å²) in [6.45, 7) is 3.43. The number of aliphatic hydroxyl groups excluding tert-OH is 1. The molecule has 2 aliphatic rings. The number of β-amino-alcohol motifs (C(OH)–C–C–N with tert-alkyl or cyclic N) is 1. The fourth-order valence-corrected chi connectivity index (χ4v) is 5.71. The summed E-state index contributed by atoms with van der Waals surface area (Å²) in [5.41, 5.74) is -2.14. The van der Waals surface area contributed by atoms with Crippen molar-refractivity contribution in [1.29, 1.82) is 0 Å². The van der Waals surface area contributed by atoms with E-state index in [1.807, 2.05) is 0 Å². The van der Waals surface area contributed by atoms with Crippen LogP contribution in [0.5, 0.6) is 0 Å². The molecule has 1 saturated heterocycles. The molecular formula is C26H28F7NO2. The van der Waals surface area contributed by atoms with Gasteiger partial charge < -0.3 is 14.7 Å². The van der Waals surface area contributed by atoms with Crippen LogP contribution < -0.4 is 0 Å². The largest absolute Gasteiger partial charge is 0.416 e. The summed E-state index contributed by atoms with van der Waals surface area (Å²) in [6, 6.07) is 7.50. The normalized spacial score (nSPS) is 26.1. The minimum absolute atomic E-state index is 0.00863. The standard InChI is InChI=1S/C26H28F7NO2/c1-15(18-10-19(25(28,29)30)12-20(11-18)26(31,32)33)36-23-7-4-17-13-34(8-9-35)14-22(17)24(23)16-2-5-21(27)6-3-16/h2-3,5-6,10-12,15,17,22-24,35H,4,7-9,13-14H2,1H3/t15-,17?,22?,23+,24+/m1/s1. The van der Waals surface area contributed by atoms with E-state index in [9.17, 15) is 35.8 Å². The van der Waals surface area contributed by atoms with E-state index in [4.69, 9.17) is 4.74 Å². The first-order valence-corrected chi connectivity index (χ1v) is 11.9. The maximum Gasteiger partial charge on any atom is 0.416 e. The molecule has 2 aromatic carbocycles. The van der Waals surface area contributed by atoms with Crippen molar-refractivity contribution in [2.45, 2.75) is 50.2 Å². The highest BCUT2D eigenvalue weighted by Crippen LogP contribution is 2.48. The van der Waals surface area contributed by atoms with Crippen molar-refractivity contribution >= 4 is 0 Å². The lowest BCUT2D eigenvalue weighted by Gasteiger charge is -2.41. The van der Waals surface area contributed by atoms with Crippen molar-refractivity contribution in [2.75, 3.05) is 26.2 Å². The molecule has 5 atom stereocenters. The molecule has 0 amide bonds. The first-order chi connectivity index (χ1) is 16.9. The maximum atomic E-state index is 13.6. The fourth-order valence-electron chi connectivity index (χ4n) is 5.71. The summed E-state index contributed by atoms with van der Waals surface area (Å²) < 4.78 is 100. The van der Waals surface area contributed by atoms with Crippen LogP contribution in [0.1, 0.15) is 54.0 Å². The predicted molar refractivity (Wildman–Crippen MR) is 119 cm³/mol. The van der Waals surface area contributed by atoms with Gasteiger partial charge in [-0.15, -0.1) is 0 Å². The molecule has 1 aliphatic heterocycles. The van der Waals surface area contributed by atoms with E-state index in [-0.39, 0.29) is 30.1 Å². The number of hydrogen-bond acceptors (Lipinski definition) is 3. The van der Waals surface area contributed by atoms with Gasteiger partial charge in [-0.25, -0.2) is 4.39 Å². The monoisotopic (exact) mass is 519 g/mol. The number of likely N-dealkylation sites (tertiary alicyclic amines) is 1. The Balaban J connectivity index is 1.64. The molecule has 198 valence electrons. The van der Waals surface area contributed by atoms with Crippen molar-refractivity contribution in [3.8, 4) is 0 Å². The first-order valence-electron chi connectivity index (χ1n) is 11.9. The Morgan fingerprint density at radius 2 is 1.56 bits per heavy atom. The smallest absolute Gasteiger partial charge is 0.395 e. The van der Waals surface area contributed by atoms with E-state index in [1.54, 1.807) is 12.1 Å². The summed E-state index contributed by atoms with van der Waals surface area (Å²) >= 11 is 0. The number of rotatable bonds is 6. The number of nitrogens with zero attached hydrogens (tertiary/aromatic N) is 1. The summed E-state index contributed by atoms with van der Waals surface area (Å²) in [7, 11) is 0. The average molecular weight is 520 g/mol. The van der Waals surface area contributed by atoms with Crippen LogP contribution in [-0.4, -0.2) is 42.4 Å². The Hall–Kier alpha value is -2.17. The Bertz CT molecular complexity index is 1010. The average Bonchev–Trinajstić information content (AvgIpc) is 3.21. The summed E-state index contributed by atoms with van der Waals surface area (Å²) in [4.78, 5) is 2.14.